The number of carbonyl (C=O) groups excluding carboxylic acids is 3. The highest BCUT2D eigenvalue weighted by Gasteiger charge is 2.19. The van der Waals surface area contributed by atoms with Crippen molar-refractivity contribution in [3.05, 3.63) is 158 Å². The lowest BCUT2D eigenvalue weighted by Crippen LogP contribution is -2.30. The third kappa shape index (κ3) is 63.9. The minimum atomic E-state index is -0.833. The van der Waals surface area contributed by atoms with Gasteiger partial charge in [0.05, 0.1) is 6.42 Å². The lowest BCUT2D eigenvalue weighted by atomic mass is 10.1. The molecule has 0 amide bonds. The Labute approximate surface area is 492 Å². The van der Waals surface area contributed by atoms with Crippen molar-refractivity contribution < 1.29 is 28.6 Å². The van der Waals surface area contributed by atoms with Gasteiger partial charge >= 0.3 is 17.9 Å². The minimum Gasteiger partial charge on any atom is -0.462 e. The molecule has 0 fully saturated rings. The van der Waals surface area contributed by atoms with Crippen molar-refractivity contribution in [3.8, 4) is 0 Å². The van der Waals surface area contributed by atoms with E-state index in [0.29, 0.717) is 12.8 Å². The molecular weight excluding hydrogens is 985 g/mol. The van der Waals surface area contributed by atoms with E-state index in [1.807, 2.05) is 6.08 Å². The number of hydrogen-bond acceptors (Lipinski definition) is 6. The molecule has 0 aliphatic rings. The fourth-order valence-corrected chi connectivity index (χ4v) is 8.49. The Morgan fingerprint density at radius 2 is 0.537 bits per heavy atom. The third-order valence-electron chi connectivity index (χ3n) is 13.3. The molecule has 0 radical (unpaired) electrons. The van der Waals surface area contributed by atoms with E-state index in [0.717, 1.165) is 128 Å². The summed E-state index contributed by atoms with van der Waals surface area (Å²) in [6.07, 6.45) is 97.0. The first-order valence-electron chi connectivity index (χ1n) is 32.5. The van der Waals surface area contributed by atoms with E-state index in [1.165, 1.54) is 103 Å². The third-order valence-corrected chi connectivity index (χ3v) is 13.3. The van der Waals surface area contributed by atoms with Crippen LogP contribution in [0.5, 0.6) is 0 Å². The van der Waals surface area contributed by atoms with Crippen LogP contribution in [0.15, 0.2) is 158 Å². The standard InChI is InChI=1S/C74H118O6/c1-4-7-10-13-16-19-22-25-28-30-32-33-34-35-36-37-38-39-40-41-42-44-46-49-52-55-58-61-64-67-73(76)79-70-71(69-78-72(75)66-63-60-57-54-51-48-45-27-24-21-18-15-12-9-6-3)80-74(77)68-65-62-59-56-53-50-47-43-31-29-26-23-20-17-14-11-8-5-2/h7,9-10,12,16,18-19,21,25,27-29,31-33,35-36,38-39,41-42,45,51,54,60,63,71H,4-6,8,11,13-15,17,20,22-24,26,30,34,37,40,43-44,46-50,52-53,55-59,61-62,64-70H2,1-3H3/b10-7-,12-9-,19-16-,21-18-,28-25-,31-29-,33-32-,36-35-,39-38-,42-41-,45-27-,54-51-,63-60-. The van der Waals surface area contributed by atoms with Gasteiger partial charge in [-0.2, -0.15) is 0 Å². The van der Waals surface area contributed by atoms with Crippen LogP contribution in [0.1, 0.15) is 271 Å². The summed E-state index contributed by atoms with van der Waals surface area (Å²) in [5.41, 5.74) is 0. The Morgan fingerprint density at radius 1 is 0.275 bits per heavy atom. The van der Waals surface area contributed by atoms with Crippen molar-refractivity contribution in [2.75, 3.05) is 13.2 Å². The van der Waals surface area contributed by atoms with Crippen molar-refractivity contribution in [1.29, 1.82) is 0 Å². The van der Waals surface area contributed by atoms with Gasteiger partial charge in [0, 0.05) is 12.8 Å². The maximum Gasteiger partial charge on any atom is 0.309 e. The number of hydrogen-bond donors (Lipinski definition) is 0. The molecule has 0 aliphatic heterocycles. The first-order valence-corrected chi connectivity index (χ1v) is 32.5. The number of ether oxygens (including phenoxy) is 3. The van der Waals surface area contributed by atoms with Crippen LogP contribution >= 0.6 is 0 Å². The smallest absolute Gasteiger partial charge is 0.309 e. The summed E-state index contributed by atoms with van der Waals surface area (Å²) >= 11 is 0. The number of unbranched alkanes of at least 4 members (excludes halogenated alkanes) is 21. The Bertz CT molecular complexity index is 1790. The molecule has 450 valence electrons. The van der Waals surface area contributed by atoms with Gasteiger partial charge in [-0.15, -0.1) is 0 Å². The summed E-state index contributed by atoms with van der Waals surface area (Å²) in [6.45, 7) is 6.31. The van der Waals surface area contributed by atoms with Crippen LogP contribution in [0.4, 0.5) is 0 Å². The topological polar surface area (TPSA) is 78.9 Å². The minimum absolute atomic E-state index is 0.118. The van der Waals surface area contributed by atoms with Gasteiger partial charge in [0.25, 0.3) is 0 Å². The summed E-state index contributed by atoms with van der Waals surface area (Å²) in [5, 5.41) is 0. The second-order valence-corrected chi connectivity index (χ2v) is 20.9. The van der Waals surface area contributed by atoms with Gasteiger partial charge in [0.15, 0.2) is 6.10 Å². The van der Waals surface area contributed by atoms with Gasteiger partial charge in [0.2, 0.25) is 0 Å². The summed E-state index contributed by atoms with van der Waals surface area (Å²) in [6, 6.07) is 0. The molecule has 0 saturated carbocycles. The predicted molar refractivity (Wildman–Crippen MR) is 348 cm³/mol. The normalized spacial score (nSPS) is 13.2. The van der Waals surface area contributed by atoms with E-state index in [1.54, 1.807) is 6.08 Å². The molecule has 0 heterocycles. The molecule has 6 heteroatoms. The van der Waals surface area contributed by atoms with Crippen molar-refractivity contribution in [2.24, 2.45) is 0 Å². The molecule has 0 aromatic rings. The summed E-state index contributed by atoms with van der Waals surface area (Å²) in [4.78, 5) is 38.3. The molecule has 6 nitrogen and oxygen atoms in total. The van der Waals surface area contributed by atoms with Crippen LogP contribution in [-0.2, 0) is 28.6 Å². The Morgan fingerprint density at radius 3 is 0.887 bits per heavy atom. The van der Waals surface area contributed by atoms with Gasteiger partial charge in [-0.3, -0.25) is 14.4 Å². The molecule has 1 unspecified atom stereocenters. The Kier molecular flexibility index (Phi) is 62.4. The fraction of sp³-hybridized carbons (Fsp3) is 0.608. The van der Waals surface area contributed by atoms with E-state index in [9.17, 15) is 14.4 Å². The van der Waals surface area contributed by atoms with Crippen molar-refractivity contribution in [3.63, 3.8) is 0 Å². The molecule has 1 atom stereocenters. The molecule has 0 spiro atoms. The lowest BCUT2D eigenvalue weighted by Gasteiger charge is -2.18. The van der Waals surface area contributed by atoms with Gasteiger partial charge in [-0.1, -0.05) is 281 Å². The van der Waals surface area contributed by atoms with Crippen LogP contribution in [0.2, 0.25) is 0 Å². The first-order chi connectivity index (χ1) is 39.5. The zero-order chi connectivity index (χ0) is 57.8. The van der Waals surface area contributed by atoms with Crippen LogP contribution in [0, 0.1) is 0 Å². The number of carbonyl (C=O) groups is 3. The monoisotopic (exact) mass is 1100 g/mol. The summed E-state index contributed by atoms with van der Waals surface area (Å²) in [7, 11) is 0. The molecule has 0 aromatic heterocycles. The number of allylic oxidation sites excluding steroid dienone is 25. The zero-order valence-electron chi connectivity index (χ0n) is 51.5. The van der Waals surface area contributed by atoms with Crippen molar-refractivity contribution >= 4 is 17.9 Å². The zero-order valence-corrected chi connectivity index (χ0v) is 51.5. The highest BCUT2D eigenvalue weighted by atomic mass is 16.6. The maximum atomic E-state index is 12.9. The van der Waals surface area contributed by atoms with Crippen LogP contribution in [0.3, 0.4) is 0 Å². The Hall–Kier alpha value is -4.97. The average Bonchev–Trinajstić information content (AvgIpc) is 3.46. The van der Waals surface area contributed by atoms with E-state index < -0.39 is 12.1 Å². The van der Waals surface area contributed by atoms with Crippen LogP contribution in [0.25, 0.3) is 0 Å². The molecular formula is C74H118O6. The first kappa shape index (κ1) is 75.0. The molecule has 0 rings (SSSR count). The summed E-state index contributed by atoms with van der Waals surface area (Å²) in [5.74, 6) is -1.07. The molecule has 0 aliphatic carbocycles. The van der Waals surface area contributed by atoms with Crippen molar-refractivity contribution in [2.45, 2.75) is 277 Å². The summed E-state index contributed by atoms with van der Waals surface area (Å²) < 4.78 is 16.8. The largest absolute Gasteiger partial charge is 0.462 e. The van der Waals surface area contributed by atoms with E-state index in [-0.39, 0.29) is 31.6 Å². The second kappa shape index (κ2) is 66.5. The Balaban J connectivity index is 4.45. The van der Waals surface area contributed by atoms with Crippen LogP contribution in [-0.4, -0.2) is 37.2 Å². The molecule has 80 heavy (non-hydrogen) atoms. The van der Waals surface area contributed by atoms with Crippen molar-refractivity contribution in [1.82, 2.24) is 0 Å². The molecule has 0 bridgehead atoms. The van der Waals surface area contributed by atoms with E-state index in [4.69, 9.17) is 14.2 Å². The van der Waals surface area contributed by atoms with Gasteiger partial charge in [-0.25, -0.2) is 0 Å². The second-order valence-electron chi connectivity index (χ2n) is 20.9. The highest BCUT2D eigenvalue weighted by molar-refractivity contribution is 5.72. The quantitative estimate of drug-likeness (QED) is 0.0261. The van der Waals surface area contributed by atoms with E-state index in [2.05, 4.69) is 167 Å². The van der Waals surface area contributed by atoms with Gasteiger partial charge in [0.1, 0.15) is 13.2 Å². The van der Waals surface area contributed by atoms with E-state index >= 15 is 0 Å². The van der Waals surface area contributed by atoms with Crippen LogP contribution < -0.4 is 0 Å². The lowest BCUT2D eigenvalue weighted by molar-refractivity contribution is -0.166. The van der Waals surface area contributed by atoms with Gasteiger partial charge < -0.3 is 14.2 Å². The highest BCUT2D eigenvalue weighted by Crippen LogP contribution is 2.14. The number of esters is 3. The average molecular weight is 1100 g/mol. The SMILES string of the molecule is CC/C=C\C/C=C\C/C=C\C/C=C\C/C=C\C/C=C\C/C=C\CCCCCCCCCC(=O)OCC(COC(=O)C/C=C\C/C=C\C/C=C\C/C=C\C/C=C\CC)OC(=O)CCCCCCCCC/C=C\CCCCCCCCC. The fourth-order valence-electron chi connectivity index (χ4n) is 8.49. The van der Waals surface area contributed by atoms with Gasteiger partial charge in [-0.05, 0) is 128 Å². The molecule has 0 aromatic carbocycles. The number of rotatable bonds is 57. The predicted octanol–water partition coefficient (Wildman–Crippen LogP) is 22.5. The molecule has 0 saturated heterocycles. The maximum absolute atomic E-state index is 12.9. The molecule has 0 N–H and O–H groups in total.